The smallest absolute Gasteiger partial charge is 0.337 e. The van der Waals surface area contributed by atoms with E-state index in [1.807, 2.05) is 28.8 Å². The lowest BCUT2D eigenvalue weighted by Gasteiger charge is -2.08. The van der Waals surface area contributed by atoms with Crippen molar-refractivity contribution < 1.29 is 14.3 Å². The molecule has 1 amide bonds. The average Bonchev–Trinajstić information content (AvgIpc) is 2.98. The maximum absolute atomic E-state index is 12.2. The van der Waals surface area contributed by atoms with Gasteiger partial charge in [0.1, 0.15) is 5.65 Å². The van der Waals surface area contributed by atoms with Crippen LogP contribution in [-0.2, 0) is 16.0 Å². The van der Waals surface area contributed by atoms with Crippen LogP contribution in [0.4, 0.5) is 5.69 Å². The molecule has 0 radical (unpaired) electrons. The number of fused-ring (bicyclic) bond motifs is 1. The molecule has 0 saturated carbocycles. The fourth-order valence-electron chi connectivity index (χ4n) is 2.30. The lowest BCUT2D eigenvalue weighted by molar-refractivity contribution is -0.115. The standard InChI is InChI=1S/C17H14ClN3O3/c1-24-17(23)11-5-6-13(18)14(8-11)20-16(22)9-12-10-21-7-3-2-4-15(21)19-12/h2-8,10H,9H2,1H3,(H,20,22). The fourth-order valence-corrected chi connectivity index (χ4v) is 2.46. The first-order valence-electron chi connectivity index (χ1n) is 7.17. The van der Waals surface area contributed by atoms with Crippen LogP contribution in [0.25, 0.3) is 5.65 Å². The maximum Gasteiger partial charge on any atom is 0.337 e. The monoisotopic (exact) mass is 343 g/mol. The molecular weight excluding hydrogens is 330 g/mol. The number of nitrogens with zero attached hydrogens (tertiary/aromatic N) is 2. The van der Waals surface area contributed by atoms with E-state index in [2.05, 4.69) is 15.0 Å². The minimum Gasteiger partial charge on any atom is -0.465 e. The second-order valence-electron chi connectivity index (χ2n) is 5.11. The highest BCUT2D eigenvalue weighted by Crippen LogP contribution is 2.23. The lowest BCUT2D eigenvalue weighted by atomic mass is 10.2. The number of anilines is 1. The Labute approximate surface area is 143 Å². The molecule has 0 aliphatic carbocycles. The zero-order valence-electron chi connectivity index (χ0n) is 12.8. The first-order chi connectivity index (χ1) is 11.6. The number of amides is 1. The van der Waals surface area contributed by atoms with Gasteiger partial charge in [0.25, 0.3) is 0 Å². The van der Waals surface area contributed by atoms with Gasteiger partial charge < -0.3 is 14.5 Å². The van der Waals surface area contributed by atoms with E-state index in [9.17, 15) is 9.59 Å². The van der Waals surface area contributed by atoms with E-state index in [1.165, 1.54) is 25.3 Å². The average molecular weight is 344 g/mol. The van der Waals surface area contributed by atoms with Crippen molar-refractivity contribution in [1.29, 1.82) is 0 Å². The molecule has 0 spiro atoms. The summed E-state index contributed by atoms with van der Waals surface area (Å²) < 4.78 is 6.50. The molecule has 0 fully saturated rings. The zero-order valence-corrected chi connectivity index (χ0v) is 13.6. The quantitative estimate of drug-likeness (QED) is 0.739. The number of carbonyl (C=O) groups is 2. The summed E-state index contributed by atoms with van der Waals surface area (Å²) in [7, 11) is 1.29. The Hall–Kier alpha value is -2.86. The zero-order chi connectivity index (χ0) is 17.1. The number of nitrogens with one attached hydrogen (secondary N) is 1. The van der Waals surface area contributed by atoms with Gasteiger partial charge in [-0.1, -0.05) is 17.7 Å². The van der Waals surface area contributed by atoms with Crippen LogP contribution in [0.2, 0.25) is 5.02 Å². The summed E-state index contributed by atoms with van der Waals surface area (Å²) in [5.41, 5.74) is 2.07. The molecule has 0 aliphatic heterocycles. The molecule has 0 unspecified atom stereocenters. The van der Waals surface area contributed by atoms with Gasteiger partial charge in [-0.15, -0.1) is 0 Å². The summed E-state index contributed by atoms with van der Waals surface area (Å²) in [6, 6.07) is 10.2. The molecule has 24 heavy (non-hydrogen) atoms. The van der Waals surface area contributed by atoms with Crippen LogP contribution >= 0.6 is 11.6 Å². The molecule has 3 aromatic rings. The highest BCUT2D eigenvalue weighted by Gasteiger charge is 2.13. The topological polar surface area (TPSA) is 72.7 Å². The molecule has 0 aliphatic rings. The predicted octanol–water partition coefficient (Wildman–Crippen LogP) is 2.96. The Morgan fingerprint density at radius 1 is 1.29 bits per heavy atom. The summed E-state index contributed by atoms with van der Waals surface area (Å²) in [5, 5.41) is 3.03. The summed E-state index contributed by atoms with van der Waals surface area (Å²) in [4.78, 5) is 28.2. The molecule has 1 N–H and O–H groups in total. The van der Waals surface area contributed by atoms with Crippen molar-refractivity contribution in [2.24, 2.45) is 0 Å². The summed E-state index contributed by atoms with van der Waals surface area (Å²) in [6.45, 7) is 0. The highest BCUT2D eigenvalue weighted by molar-refractivity contribution is 6.33. The van der Waals surface area contributed by atoms with Gasteiger partial charge in [-0.3, -0.25) is 4.79 Å². The van der Waals surface area contributed by atoms with E-state index in [-0.39, 0.29) is 12.3 Å². The SMILES string of the molecule is COC(=O)c1ccc(Cl)c(NC(=O)Cc2cn3ccccc3n2)c1. The minimum absolute atomic E-state index is 0.0977. The Balaban J connectivity index is 1.75. The van der Waals surface area contributed by atoms with Crippen LogP contribution in [0.1, 0.15) is 16.1 Å². The van der Waals surface area contributed by atoms with Crippen molar-refractivity contribution in [2.75, 3.05) is 12.4 Å². The van der Waals surface area contributed by atoms with E-state index in [0.29, 0.717) is 22.0 Å². The third kappa shape index (κ3) is 3.38. The third-order valence-corrected chi connectivity index (χ3v) is 3.75. The largest absolute Gasteiger partial charge is 0.465 e. The normalized spacial score (nSPS) is 10.6. The Bertz CT molecular complexity index is 887. The molecule has 0 saturated heterocycles. The van der Waals surface area contributed by atoms with E-state index in [4.69, 9.17) is 11.6 Å². The number of methoxy groups -OCH3 is 1. The van der Waals surface area contributed by atoms with Crippen molar-refractivity contribution >= 4 is 34.8 Å². The molecule has 122 valence electrons. The number of rotatable bonds is 4. The Morgan fingerprint density at radius 3 is 2.88 bits per heavy atom. The molecule has 3 rings (SSSR count). The highest BCUT2D eigenvalue weighted by atomic mass is 35.5. The molecule has 1 aromatic carbocycles. The second kappa shape index (κ2) is 6.72. The number of hydrogen-bond donors (Lipinski definition) is 1. The van der Waals surface area contributed by atoms with Crippen molar-refractivity contribution in [1.82, 2.24) is 9.38 Å². The van der Waals surface area contributed by atoms with E-state index < -0.39 is 5.97 Å². The second-order valence-corrected chi connectivity index (χ2v) is 5.52. The summed E-state index contributed by atoms with van der Waals surface area (Å²) in [6.07, 6.45) is 3.75. The maximum atomic E-state index is 12.2. The van der Waals surface area contributed by atoms with Gasteiger partial charge in [-0.25, -0.2) is 9.78 Å². The van der Waals surface area contributed by atoms with Crippen molar-refractivity contribution in [3.8, 4) is 0 Å². The lowest BCUT2D eigenvalue weighted by Crippen LogP contribution is -2.15. The molecule has 6 nitrogen and oxygen atoms in total. The first kappa shape index (κ1) is 16.0. The number of esters is 1. The van der Waals surface area contributed by atoms with Crippen LogP contribution in [-0.4, -0.2) is 28.4 Å². The molecule has 0 atom stereocenters. The number of hydrogen-bond acceptors (Lipinski definition) is 4. The molecular formula is C17H14ClN3O3. The molecule has 7 heteroatoms. The van der Waals surface area contributed by atoms with Crippen molar-refractivity contribution in [3.05, 3.63) is 65.1 Å². The van der Waals surface area contributed by atoms with E-state index >= 15 is 0 Å². The summed E-state index contributed by atoms with van der Waals surface area (Å²) in [5.74, 6) is -0.773. The van der Waals surface area contributed by atoms with Crippen LogP contribution in [0.5, 0.6) is 0 Å². The van der Waals surface area contributed by atoms with Gasteiger partial charge in [0.05, 0.1) is 35.5 Å². The van der Waals surface area contributed by atoms with E-state index in [0.717, 1.165) is 5.65 Å². The predicted molar refractivity (Wildman–Crippen MR) is 90.3 cm³/mol. The number of benzene rings is 1. The van der Waals surface area contributed by atoms with Crippen LogP contribution in [0.3, 0.4) is 0 Å². The Kier molecular flexibility index (Phi) is 4.48. The summed E-state index contributed by atoms with van der Waals surface area (Å²) >= 11 is 6.07. The number of pyridine rings is 1. The number of halogens is 1. The third-order valence-electron chi connectivity index (χ3n) is 3.42. The van der Waals surface area contributed by atoms with Crippen LogP contribution in [0, 0.1) is 0 Å². The number of aromatic nitrogens is 2. The van der Waals surface area contributed by atoms with Crippen LogP contribution in [0.15, 0.2) is 48.8 Å². The van der Waals surface area contributed by atoms with Gasteiger partial charge in [0, 0.05) is 12.4 Å². The van der Waals surface area contributed by atoms with Crippen molar-refractivity contribution in [3.63, 3.8) is 0 Å². The Morgan fingerprint density at radius 2 is 2.12 bits per heavy atom. The molecule has 2 aromatic heterocycles. The van der Waals surface area contributed by atoms with Gasteiger partial charge >= 0.3 is 5.97 Å². The van der Waals surface area contributed by atoms with Gasteiger partial charge in [-0.05, 0) is 30.3 Å². The number of ether oxygens (including phenoxy) is 1. The van der Waals surface area contributed by atoms with Gasteiger partial charge in [0.2, 0.25) is 5.91 Å². The van der Waals surface area contributed by atoms with Crippen LogP contribution < -0.4 is 5.32 Å². The van der Waals surface area contributed by atoms with E-state index in [1.54, 1.807) is 6.20 Å². The van der Waals surface area contributed by atoms with Gasteiger partial charge in [0.15, 0.2) is 0 Å². The number of carbonyl (C=O) groups excluding carboxylic acids is 2. The van der Waals surface area contributed by atoms with Gasteiger partial charge in [-0.2, -0.15) is 0 Å². The molecule has 2 heterocycles. The number of imidazole rings is 1. The molecule has 0 bridgehead atoms. The first-order valence-corrected chi connectivity index (χ1v) is 7.55. The minimum atomic E-state index is -0.498. The van der Waals surface area contributed by atoms with Crippen molar-refractivity contribution in [2.45, 2.75) is 6.42 Å². The fraction of sp³-hybridized carbons (Fsp3) is 0.118.